The van der Waals surface area contributed by atoms with Crippen molar-refractivity contribution < 1.29 is 17.9 Å². The van der Waals surface area contributed by atoms with E-state index in [0.29, 0.717) is 11.1 Å². The van der Waals surface area contributed by atoms with Crippen molar-refractivity contribution in [2.75, 3.05) is 13.4 Å². The van der Waals surface area contributed by atoms with Gasteiger partial charge in [-0.05, 0) is 42.0 Å². The highest BCUT2D eigenvalue weighted by Crippen LogP contribution is 2.25. The van der Waals surface area contributed by atoms with Crippen LogP contribution in [0.4, 0.5) is 0 Å². The number of nitriles is 1. The van der Waals surface area contributed by atoms with Gasteiger partial charge in [0, 0.05) is 11.8 Å². The number of ether oxygens (including phenoxy) is 1. The van der Waals surface area contributed by atoms with E-state index < -0.39 is 9.84 Å². The van der Waals surface area contributed by atoms with Gasteiger partial charge >= 0.3 is 0 Å². The zero-order chi connectivity index (χ0) is 17.7. The molecule has 2 rings (SSSR count). The average Bonchev–Trinajstić information content (AvgIpc) is 2.58. The molecule has 0 unspecified atom stereocenters. The Hall–Kier alpha value is -2.91. The number of nitrogens with zero attached hydrogens (tertiary/aromatic N) is 1. The molecule has 0 heterocycles. The number of benzene rings is 2. The molecule has 0 bridgehead atoms. The van der Waals surface area contributed by atoms with Gasteiger partial charge in [0.15, 0.2) is 15.6 Å². The highest BCUT2D eigenvalue weighted by molar-refractivity contribution is 7.90. The summed E-state index contributed by atoms with van der Waals surface area (Å²) in [6, 6.07) is 13.1. The Morgan fingerprint density at radius 3 is 2.58 bits per heavy atom. The fraction of sp³-hybridized carbons (Fsp3) is 0.111. The van der Waals surface area contributed by atoms with Crippen LogP contribution < -0.4 is 4.74 Å². The second-order valence-corrected chi connectivity index (χ2v) is 7.06. The zero-order valence-electron chi connectivity index (χ0n) is 13.2. The second-order valence-electron chi connectivity index (χ2n) is 5.07. The zero-order valence-corrected chi connectivity index (χ0v) is 14.0. The average molecular weight is 341 g/mol. The van der Waals surface area contributed by atoms with Gasteiger partial charge in [-0.3, -0.25) is 4.79 Å². The molecule has 0 N–H and O–H groups in total. The van der Waals surface area contributed by atoms with E-state index in [4.69, 9.17) is 10.00 Å². The number of carbonyl (C=O) groups is 1. The lowest BCUT2D eigenvalue weighted by molar-refractivity contribution is 0.104. The summed E-state index contributed by atoms with van der Waals surface area (Å²) in [5, 5.41) is 8.86. The molecule has 0 aliphatic rings. The van der Waals surface area contributed by atoms with Crippen molar-refractivity contribution in [1.82, 2.24) is 0 Å². The molecule has 5 nitrogen and oxygen atoms in total. The summed E-state index contributed by atoms with van der Waals surface area (Å²) >= 11 is 0. The Balaban J connectivity index is 2.30. The Bertz CT molecular complexity index is 953. The van der Waals surface area contributed by atoms with Gasteiger partial charge < -0.3 is 4.74 Å². The van der Waals surface area contributed by atoms with Crippen LogP contribution >= 0.6 is 0 Å². The number of rotatable bonds is 5. The van der Waals surface area contributed by atoms with Gasteiger partial charge in [0.1, 0.15) is 10.6 Å². The quantitative estimate of drug-likeness (QED) is 0.617. The number of ketones is 1. The predicted molar refractivity (Wildman–Crippen MR) is 90.6 cm³/mol. The SMILES string of the molecule is COc1cc(C(=O)/C=C/c2cccc(C#N)c2)ccc1S(C)(=O)=O. The Kier molecular flexibility index (Phi) is 5.17. The molecule has 0 spiro atoms. The highest BCUT2D eigenvalue weighted by Gasteiger charge is 2.16. The van der Waals surface area contributed by atoms with Crippen molar-refractivity contribution in [2.24, 2.45) is 0 Å². The van der Waals surface area contributed by atoms with Gasteiger partial charge in [-0.1, -0.05) is 18.2 Å². The van der Waals surface area contributed by atoms with Crippen LogP contribution in [0.15, 0.2) is 53.4 Å². The first-order chi connectivity index (χ1) is 11.3. The minimum Gasteiger partial charge on any atom is -0.495 e. The van der Waals surface area contributed by atoms with Crippen LogP contribution in [0.25, 0.3) is 6.08 Å². The molecule has 6 heteroatoms. The monoisotopic (exact) mass is 341 g/mol. The Morgan fingerprint density at radius 2 is 1.96 bits per heavy atom. The molecule has 122 valence electrons. The minimum absolute atomic E-state index is 0.0345. The first-order valence-electron chi connectivity index (χ1n) is 6.96. The van der Waals surface area contributed by atoms with Crippen molar-refractivity contribution in [3.8, 4) is 11.8 Å². The van der Waals surface area contributed by atoms with Gasteiger partial charge in [-0.15, -0.1) is 0 Å². The minimum atomic E-state index is -3.44. The molecule has 0 amide bonds. The van der Waals surface area contributed by atoms with Crippen LogP contribution in [0.1, 0.15) is 21.5 Å². The van der Waals surface area contributed by atoms with Crippen molar-refractivity contribution >= 4 is 21.7 Å². The summed E-state index contributed by atoms with van der Waals surface area (Å²) in [5.74, 6) is -0.168. The number of hydrogen-bond acceptors (Lipinski definition) is 5. The first-order valence-corrected chi connectivity index (χ1v) is 8.85. The Labute approximate surface area is 140 Å². The third kappa shape index (κ3) is 4.09. The number of hydrogen-bond donors (Lipinski definition) is 0. The van der Waals surface area contributed by atoms with Crippen molar-refractivity contribution in [2.45, 2.75) is 4.90 Å². The molecular weight excluding hydrogens is 326 g/mol. The van der Waals surface area contributed by atoms with Gasteiger partial charge in [-0.25, -0.2) is 8.42 Å². The molecule has 2 aromatic carbocycles. The van der Waals surface area contributed by atoms with E-state index in [1.807, 2.05) is 6.07 Å². The molecule has 24 heavy (non-hydrogen) atoms. The summed E-state index contributed by atoms with van der Waals surface area (Å²) < 4.78 is 28.4. The summed E-state index contributed by atoms with van der Waals surface area (Å²) in [5.41, 5.74) is 1.54. The Morgan fingerprint density at radius 1 is 1.21 bits per heavy atom. The van der Waals surface area contributed by atoms with E-state index in [9.17, 15) is 13.2 Å². The third-order valence-corrected chi connectivity index (χ3v) is 4.43. The second kappa shape index (κ2) is 7.11. The van der Waals surface area contributed by atoms with E-state index in [0.717, 1.165) is 11.8 Å². The normalized spacial score (nSPS) is 11.2. The standard InChI is InChI=1S/C18H15NO4S/c1-23-17-11-15(7-9-18(17)24(2,21)22)16(20)8-6-13-4-3-5-14(10-13)12-19/h3-11H,1-2H3/b8-6+. The molecule has 0 aliphatic carbocycles. The van der Waals surface area contributed by atoms with Crippen LogP contribution in [0, 0.1) is 11.3 Å². The third-order valence-electron chi connectivity index (χ3n) is 3.29. The van der Waals surface area contributed by atoms with Crippen molar-refractivity contribution in [3.63, 3.8) is 0 Å². The van der Waals surface area contributed by atoms with Crippen molar-refractivity contribution in [1.29, 1.82) is 5.26 Å². The topological polar surface area (TPSA) is 84.2 Å². The molecule has 0 radical (unpaired) electrons. The van der Waals surface area contributed by atoms with Crippen LogP contribution in [-0.2, 0) is 9.84 Å². The largest absolute Gasteiger partial charge is 0.495 e. The maximum atomic E-state index is 12.2. The van der Waals surface area contributed by atoms with E-state index in [2.05, 4.69) is 0 Å². The smallest absolute Gasteiger partial charge is 0.185 e. The van der Waals surface area contributed by atoms with E-state index in [-0.39, 0.29) is 16.4 Å². The van der Waals surface area contributed by atoms with Gasteiger partial charge in [-0.2, -0.15) is 5.26 Å². The van der Waals surface area contributed by atoms with Crippen molar-refractivity contribution in [3.05, 3.63) is 65.2 Å². The maximum Gasteiger partial charge on any atom is 0.185 e. The molecule has 0 saturated heterocycles. The maximum absolute atomic E-state index is 12.2. The number of sulfone groups is 1. The fourth-order valence-electron chi connectivity index (χ4n) is 2.11. The van der Waals surface area contributed by atoms with Gasteiger partial charge in [0.05, 0.1) is 18.7 Å². The van der Waals surface area contributed by atoms with Crippen LogP contribution in [0.2, 0.25) is 0 Å². The van der Waals surface area contributed by atoms with Crippen LogP contribution in [0.3, 0.4) is 0 Å². The molecular formula is C18H15NO4S. The van der Waals surface area contributed by atoms with Gasteiger partial charge in [0.2, 0.25) is 0 Å². The molecule has 0 saturated carbocycles. The lowest BCUT2D eigenvalue weighted by atomic mass is 10.1. The highest BCUT2D eigenvalue weighted by atomic mass is 32.2. The van der Waals surface area contributed by atoms with E-state index >= 15 is 0 Å². The van der Waals surface area contributed by atoms with Crippen LogP contribution in [-0.4, -0.2) is 27.6 Å². The van der Waals surface area contributed by atoms with Crippen LogP contribution in [0.5, 0.6) is 5.75 Å². The molecule has 0 fully saturated rings. The first kappa shape index (κ1) is 17.4. The number of allylic oxidation sites excluding steroid dienone is 1. The van der Waals surface area contributed by atoms with E-state index in [1.54, 1.807) is 30.3 Å². The van der Waals surface area contributed by atoms with E-state index in [1.165, 1.54) is 31.4 Å². The molecule has 0 aromatic heterocycles. The number of methoxy groups -OCH3 is 1. The summed E-state index contributed by atoms with van der Waals surface area (Å²) in [6.07, 6.45) is 4.04. The van der Waals surface area contributed by atoms with Gasteiger partial charge in [0.25, 0.3) is 0 Å². The lowest BCUT2D eigenvalue weighted by Gasteiger charge is -2.08. The number of carbonyl (C=O) groups excluding carboxylic acids is 1. The summed E-state index contributed by atoms with van der Waals surface area (Å²) in [6.45, 7) is 0. The molecule has 0 aliphatic heterocycles. The summed E-state index contributed by atoms with van der Waals surface area (Å²) in [7, 11) is -2.09. The molecule has 0 atom stereocenters. The molecule has 2 aromatic rings. The fourth-order valence-corrected chi connectivity index (χ4v) is 2.93. The predicted octanol–water partition coefficient (Wildman–Crippen LogP) is 2.87. The lowest BCUT2D eigenvalue weighted by Crippen LogP contribution is -2.03. The summed E-state index contributed by atoms with van der Waals surface area (Å²) in [4.78, 5) is 12.3.